The van der Waals surface area contributed by atoms with Crippen LogP contribution >= 0.6 is 0 Å². The van der Waals surface area contributed by atoms with E-state index in [1.165, 1.54) is 6.07 Å². The van der Waals surface area contributed by atoms with Gasteiger partial charge < -0.3 is 25.8 Å². The van der Waals surface area contributed by atoms with E-state index >= 15 is 0 Å². The van der Waals surface area contributed by atoms with Gasteiger partial charge in [-0.25, -0.2) is 9.37 Å². The first kappa shape index (κ1) is 15.7. The van der Waals surface area contributed by atoms with Gasteiger partial charge in [0.1, 0.15) is 11.7 Å². The van der Waals surface area contributed by atoms with Gasteiger partial charge in [-0.1, -0.05) is 12.1 Å². The number of ether oxygens (including phenoxy) is 1. The lowest BCUT2D eigenvalue weighted by Crippen LogP contribution is -2.46. The Morgan fingerprint density at radius 1 is 1.33 bits per heavy atom. The molecule has 24 heavy (non-hydrogen) atoms. The number of nitrogens with two attached hydrogens (primary N) is 1. The van der Waals surface area contributed by atoms with Crippen LogP contribution in [0.15, 0.2) is 24.3 Å². The summed E-state index contributed by atoms with van der Waals surface area (Å²) in [5.41, 5.74) is 5.68. The molecule has 7 heteroatoms. The number of pyridine rings is 1. The molecule has 2 aromatic rings. The average Bonchev–Trinajstić information content (AvgIpc) is 2.96. The van der Waals surface area contributed by atoms with E-state index in [4.69, 9.17) is 10.5 Å². The van der Waals surface area contributed by atoms with Gasteiger partial charge >= 0.3 is 0 Å². The van der Waals surface area contributed by atoms with E-state index in [2.05, 4.69) is 4.98 Å². The first-order chi connectivity index (χ1) is 11.4. The second-order valence-electron chi connectivity index (χ2n) is 6.77. The number of benzene rings is 1. The molecule has 2 unspecified atom stereocenters. The van der Waals surface area contributed by atoms with Crippen LogP contribution in [0.2, 0.25) is 0 Å². The first-order valence-electron chi connectivity index (χ1n) is 7.97. The summed E-state index contributed by atoms with van der Waals surface area (Å²) in [4.78, 5) is 4.06. The largest absolute Gasteiger partial charge is 0.385 e. The van der Waals surface area contributed by atoms with Crippen molar-refractivity contribution < 1.29 is 24.4 Å². The molecule has 1 aromatic carbocycles. The number of aliphatic hydroxyl groups is 3. The Bertz CT molecular complexity index is 801. The van der Waals surface area contributed by atoms with Crippen LogP contribution in [0.3, 0.4) is 0 Å². The number of anilines is 1. The molecule has 1 aliphatic carbocycles. The fraction of sp³-hybridized carbons (Fsp3) is 0.471. The SMILES string of the molecule is Nc1nc2cc(CC3CC[C@@]4(O)[C@@H]3OC(O)[C@@H]4O)ccc2cc1F. The molecule has 1 saturated carbocycles. The van der Waals surface area contributed by atoms with Crippen molar-refractivity contribution in [1.29, 1.82) is 0 Å². The monoisotopic (exact) mass is 334 g/mol. The summed E-state index contributed by atoms with van der Waals surface area (Å²) in [7, 11) is 0. The van der Waals surface area contributed by atoms with Gasteiger partial charge in [-0.2, -0.15) is 0 Å². The Labute approximate surface area is 137 Å². The van der Waals surface area contributed by atoms with Crippen molar-refractivity contribution >= 4 is 16.7 Å². The smallest absolute Gasteiger partial charge is 0.184 e. The van der Waals surface area contributed by atoms with E-state index in [-0.39, 0.29) is 11.7 Å². The minimum Gasteiger partial charge on any atom is -0.385 e. The lowest BCUT2D eigenvalue weighted by Gasteiger charge is -2.25. The molecule has 1 aliphatic heterocycles. The summed E-state index contributed by atoms with van der Waals surface area (Å²) in [6.45, 7) is 0. The number of hydrogen-bond acceptors (Lipinski definition) is 6. The van der Waals surface area contributed by atoms with Crippen LogP contribution in [-0.4, -0.2) is 44.4 Å². The van der Waals surface area contributed by atoms with Crippen LogP contribution in [0.25, 0.3) is 10.9 Å². The molecule has 4 rings (SSSR count). The number of aromatic nitrogens is 1. The maximum atomic E-state index is 13.5. The van der Waals surface area contributed by atoms with Gasteiger partial charge in [-0.15, -0.1) is 0 Å². The summed E-state index contributed by atoms with van der Waals surface area (Å²) in [6, 6.07) is 6.84. The summed E-state index contributed by atoms with van der Waals surface area (Å²) < 4.78 is 18.8. The molecular formula is C17H19FN2O4. The van der Waals surface area contributed by atoms with E-state index in [1.54, 1.807) is 6.07 Å². The van der Waals surface area contributed by atoms with E-state index in [0.717, 1.165) is 5.56 Å². The maximum absolute atomic E-state index is 13.5. The molecule has 6 nitrogen and oxygen atoms in total. The number of aliphatic hydroxyl groups excluding tert-OH is 2. The van der Waals surface area contributed by atoms with Crippen molar-refractivity contribution in [2.75, 3.05) is 5.73 Å². The molecule has 2 fully saturated rings. The van der Waals surface area contributed by atoms with Gasteiger partial charge in [-0.05, 0) is 42.9 Å². The number of rotatable bonds is 2. The van der Waals surface area contributed by atoms with Gasteiger partial charge in [0, 0.05) is 5.39 Å². The van der Waals surface area contributed by atoms with Crippen LogP contribution in [0, 0.1) is 11.7 Å². The third kappa shape index (κ3) is 2.28. The minimum atomic E-state index is -1.40. The number of nitrogens with zero attached hydrogens (tertiary/aromatic N) is 1. The minimum absolute atomic E-state index is 0.0305. The molecule has 1 aromatic heterocycles. The lowest BCUT2D eigenvalue weighted by molar-refractivity contribution is -0.137. The van der Waals surface area contributed by atoms with E-state index in [9.17, 15) is 19.7 Å². The highest BCUT2D eigenvalue weighted by atomic mass is 19.1. The zero-order valence-corrected chi connectivity index (χ0v) is 12.9. The van der Waals surface area contributed by atoms with Crippen LogP contribution in [-0.2, 0) is 11.2 Å². The maximum Gasteiger partial charge on any atom is 0.184 e. The predicted octanol–water partition coefficient (Wildman–Crippen LogP) is 0.718. The molecule has 0 spiro atoms. The number of hydrogen-bond donors (Lipinski definition) is 4. The molecule has 5 N–H and O–H groups in total. The first-order valence-corrected chi connectivity index (χ1v) is 7.97. The van der Waals surface area contributed by atoms with Crippen molar-refractivity contribution in [3.05, 3.63) is 35.6 Å². The Morgan fingerprint density at radius 2 is 2.12 bits per heavy atom. The summed E-state index contributed by atoms with van der Waals surface area (Å²) in [5.74, 6) is -0.712. The summed E-state index contributed by atoms with van der Waals surface area (Å²) in [6.07, 6.45) is -1.59. The van der Waals surface area contributed by atoms with Crippen LogP contribution in [0.1, 0.15) is 18.4 Å². The molecule has 0 bridgehead atoms. The number of fused-ring (bicyclic) bond motifs is 2. The van der Waals surface area contributed by atoms with Crippen molar-refractivity contribution in [3.63, 3.8) is 0 Å². The Balaban J connectivity index is 1.60. The second kappa shape index (κ2) is 5.35. The van der Waals surface area contributed by atoms with Crippen molar-refractivity contribution in [3.8, 4) is 0 Å². The topological polar surface area (TPSA) is 109 Å². The van der Waals surface area contributed by atoms with Gasteiger partial charge in [0.2, 0.25) is 0 Å². The molecule has 2 heterocycles. The zero-order valence-electron chi connectivity index (χ0n) is 12.9. The molecule has 2 aliphatic rings. The van der Waals surface area contributed by atoms with Gasteiger partial charge in [0.15, 0.2) is 17.9 Å². The molecule has 5 atom stereocenters. The summed E-state index contributed by atoms with van der Waals surface area (Å²) in [5, 5.41) is 30.8. The standard InChI is InChI=1S/C17H19FN2O4/c18-11-7-9-2-1-8(6-12(9)20-15(11)19)5-10-3-4-17(23)13(21)16(22)24-14(10)17/h1-2,6-7,10,13-14,16,21-23H,3-5H2,(H2,19,20)/t10?,13-,14+,16?,17-/m0/s1. The quantitative estimate of drug-likeness (QED) is 0.644. The Hall–Kier alpha value is -1.80. The highest BCUT2D eigenvalue weighted by molar-refractivity contribution is 5.80. The van der Waals surface area contributed by atoms with Gasteiger partial charge in [0.05, 0.1) is 11.6 Å². The lowest BCUT2D eigenvalue weighted by atomic mass is 9.90. The Kier molecular flexibility index (Phi) is 3.50. The third-order valence-electron chi connectivity index (χ3n) is 5.27. The van der Waals surface area contributed by atoms with E-state index in [0.29, 0.717) is 30.2 Å². The summed E-state index contributed by atoms with van der Waals surface area (Å²) >= 11 is 0. The fourth-order valence-electron chi connectivity index (χ4n) is 3.98. The molecule has 1 saturated heterocycles. The van der Waals surface area contributed by atoms with Crippen molar-refractivity contribution in [2.45, 2.75) is 43.4 Å². The number of nitrogen functional groups attached to an aromatic ring is 1. The Morgan fingerprint density at radius 3 is 2.92 bits per heavy atom. The van der Waals surface area contributed by atoms with Crippen molar-refractivity contribution in [2.24, 2.45) is 5.92 Å². The van der Waals surface area contributed by atoms with Crippen LogP contribution < -0.4 is 5.73 Å². The van der Waals surface area contributed by atoms with E-state index in [1.807, 2.05) is 12.1 Å². The van der Waals surface area contributed by atoms with Gasteiger partial charge in [-0.3, -0.25) is 0 Å². The highest BCUT2D eigenvalue weighted by Crippen LogP contribution is 2.46. The van der Waals surface area contributed by atoms with Crippen LogP contribution in [0.5, 0.6) is 0 Å². The molecule has 128 valence electrons. The zero-order chi connectivity index (χ0) is 17.1. The average molecular weight is 334 g/mol. The molecular weight excluding hydrogens is 315 g/mol. The third-order valence-corrected chi connectivity index (χ3v) is 5.27. The molecule has 0 radical (unpaired) electrons. The van der Waals surface area contributed by atoms with Crippen molar-refractivity contribution in [1.82, 2.24) is 4.98 Å². The fourth-order valence-corrected chi connectivity index (χ4v) is 3.98. The normalized spacial score (nSPS) is 35.5. The second-order valence-corrected chi connectivity index (χ2v) is 6.77. The van der Waals surface area contributed by atoms with Crippen LogP contribution in [0.4, 0.5) is 10.2 Å². The highest BCUT2D eigenvalue weighted by Gasteiger charge is 2.60. The number of halogens is 1. The van der Waals surface area contributed by atoms with E-state index < -0.39 is 29.9 Å². The van der Waals surface area contributed by atoms with Gasteiger partial charge in [0.25, 0.3) is 0 Å². The predicted molar refractivity (Wildman–Crippen MR) is 84.4 cm³/mol. The molecule has 0 amide bonds.